The van der Waals surface area contributed by atoms with E-state index >= 15 is 0 Å². The molecule has 0 aliphatic heterocycles. The van der Waals surface area contributed by atoms with Gasteiger partial charge in [0.05, 0.1) is 5.97 Å². The molecule has 38 heavy (non-hydrogen) atoms. The molecule has 3 aromatic rings. The maximum absolute atomic E-state index is 13.8. The number of halogens is 1. The fourth-order valence-electron chi connectivity index (χ4n) is 4.17. The van der Waals surface area contributed by atoms with Crippen LogP contribution in [0.25, 0.3) is 0 Å². The zero-order valence-corrected chi connectivity index (χ0v) is 22.3. The summed E-state index contributed by atoms with van der Waals surface area (Å²) in [4.78, 5) is 26.2. The standard InChI is InChI=1S/C33H36FNO3/c1-3-5-7-8-22-35(32(36)29-20-21-31(34)30(23-29)33(37)38)24-28-18-16-27(17-19-28)15-14-26-12-10-25(11-13-26)9-6-4-2/h10-13,16-21,23H,3-9,22,24H2,1-2H3,(H,37,38)/p-1. The van der Waals surface area contributed by atoms with Gasteiger partial charge in [0.1, 0.15) is 5.82 Å². The first kappa shape index (κ1) is 28.7. The quantitative estimate of drug-likeness (QED) is 0.216. The summed E-state index contributed by atoms with van der Waals surface area (Å²) in [5.74, 6) is 3.50. The molecule has 0 N–H and O–H groups in total. The Balaban J connectivity index is 1.72. The number of aryl methyl sites for hydroxylation is 1. The third-order valence-corrected chi connectivity index (χ3v) is 6.45. The van der Waals surface area contributed by atoms with E-state index in [4.69, 9.17) is 0 Å². The van der Waals surface area contributed by atoms with Gasteiger partial charge in [0.15, 0.2) is 0 Å². The highest BCUT2D eigenvalue weighted by Crippen LogP contribution is 2.16. The molecule has 0 unspecified atom stereocenters. The van der Waals surface area contributed by atoms with Crippen molar-refractivity contribution in [3.63, 3.8) is 0 Å². The van der Waals surface area contributed by atoms with Gasteiger partial charge in [0.25, 0.3) is 5.91 Å². The van der Waals surface area contributed by atoms with Crippen molar-refractivity contribution in [2.45, 2.75) is 65.3 Å². The second kappa shape index (κ2) is 14.7. The Labute approximate surface area is 225 Å². The first-order chi connectivity index (χ1) is 18.4. The minimum Gasteiger partial charge on any atom is -0.545 e. The van der Waals surface area contributed by atoms with Gasteiger partial charge in [-0.2, -0.15) is 0 Å². The Bertz CT molecular complexity index is 1270. The van der Waals surface area contributed by atoms with Gasteiger partial charge in [0.2, 0.25) is 0 Å². The summed E-state index contributed by atoms with van der Waals surface area (Å²) in [5.41, 5.74) is 3.62. The molecule has 198 valence electrons. The summed E-state index contributed by atoms with van der Waals surface area (Å²) in [5, 5.41) is 11.2. The number of carbonyl (C=O) groups is 2. The average molecular weight is 513 g/mol. The molecule has 5 heteroatoms. The lowest BCUT2D eigenvalue weighted by Crippen LogP contribution is -2.32. The first-order valence-corrected chi connectivity index (χ1v) is 13.4. The van der Waals surface area contributed by atoms with Gasteiger partial charge < -0.3 is 14.8 Å². The maximum Gasteiger partial charge on any atom is 0.254 e. The molecule has 4 nitrogen and oxygen atoms in total. The van der Waals surface area contributed by atoms with Crippen molar-refractivity contribution < 1.29 is 19.1 Å². The van der Waals surface area contributed by atoms with Gasteiger partial charge >= 0.3 is 0 Å². The van der Waals surface area contributed by atoms with E-state index in [-0.39, 0.29) is 11.5 Å². The Hall–Kier alpha value is -3.91. The molecule has 0 saturated heterocycles. The smallest absolute Gasteiger partial charge is 0.254 e. The average Bonchev–Trinajstić information content (AvgIpc) is 2.93. The Morgan fingerprint density at radius 1 is 0.789 bits per heavy atom. The molecular formula is C33H35FNO3-. The second-order valence-electron chi connectivity index (χ2n) is 9.52. The molecule has 0 aromatic heterocycles. The topological polar surface area (TPSA) is 60.4 Å². The van der Waals surface area contributed by atoms with Crippen molar-refractivity contribution in [1.29, 1.82) is 0 Å². The zero-order chi connectivity index (χ0) is 27.3. The number of amides is 1. The third-order valence-electron chi connectivity index (χ3n) is 6.45. The number of carboxylic acid groups (broad SMARTS) is 1. The lowest BCUT2D eigenvalue weighted by molar-refractivity contribution is -0.255. The lowest BCUT2D eigenvalue weighted by Gasteiger charge is -2.23. The van der Waals surface area contributed by atoms with Crippen LogP contribution in [0.1, 0.15) is 95.3 Å². The van der Waals surface area contributed by atoms with Gasteiger partial charge in [0, 0.05) is 35.3 Å². The number of benzene rings is 3. The molecule has 3 aromatic carbocycles. The Morgan fingerprint density at radius 3 is 1.97 bits per heavy atom. The molecule has 3 rings (SSSR count). The monoisotopic (exact) mass is 512 g/mol. The van der Waals surface area contributed by atoms with E-state index in [1.807, 2.05) is 24.3 Å². The van der Waals surface area contributed by atoms with Crippen LogP contribution in [0.15, 0.2) is 66.7 Å². The zero-order valence-electron chi connectivity index (χ0n) is 22.3. The normalized spacial score (nSPS) is 10.5. The van der Waals surface area contributed by atoms with Crippen LogP contribution in [0.4, 0.5) is 4.39 Å². The van der Waals surface area contributed by atoms with Crippen LogP contribution in [0.3, 0.4) is 0 Å². The maximum atomic E-state index is 13.8. The molecule has 0 aliphatic carbocycles. The van der Waals surface area contributed by atoms with Crippen molar-refractivity contribution in [1.82, 2.24) is 4.90 Å². The molecule has 0 aliphatic rings. The van der Waals surface area contributed by atoms with E-state index in [2.05, 4.69) is 50.0 Å². The molecule has 0 heterocycles. The van der Waals surface area contributed by atoms with Gasteiger partial charge in [-0.1, -0.05) is 75.6 Å². The number of rotatable bonds is 12. The molecule has 0 spiro atoms. The molecule has 0 radical (unpaired) electrons. The van der Waals surface area contributed by atoms with Crippen LogP contribution >= 0.6 is 0 Å². The number of nitrogens with zero attached hydrogens (tertiary/aromatic N) is 1. The summed E-state index contributed by atoms with van der Waals surface area (Å²) in [7, 11) is 0. The van der Waals surface area contributed by atoms with E-state index in [9.17, 15) is 19.1 Å². The van der Waals surface area contributed by atoms with Crippen molar-refractivity contribution in [3.8, 4) is 11.8 Å². The number of carbonyl (C=O) groups excluding carboxylic acids is 2. The van der Waals surface area contributed by atoms with Crippen molar-refractivity contribution >= 4 is 11.9 Å². The van der Waals surface area contributed by atoms with Crippen LogP contribution in [0.2, 0.25) is 0 Å². The van der Waals surface area contributed by atoms with Crippen molar-refractivity contribution in [2.75, 3.05) is 6.54 Å². The third kappa shape index (κ3) is 8.59. The Kier molecular flexibility index (Phi) is 11.1. The van der Waals surface area contributed by atoms with Gasteiger partial charge in [-0.05, 0) is 72.9 Å². The van der Waals surface area contributed by atoms with Gasteiger partial charge in [-0.15, -0.1) is 0 Å². The summed E-state index contributed by atoms with van der Waals surface area (Å²) in [6.07, 6.45) is 7.41. The highest BCUT2D eigenvalue weighted by molar-refractivity contribution is 5.97. The SMILES string of the molecule is CCCCCCN(Cc1ccc(C#Cc2ccc(CCCC)cc2)cc1)C(=O)c1ccc(F)c(C(=O)[O-])c1. The number of aromatic carboxylic acids is 1. The van der Waals surface area contributed by atoms with E-state index in [1.165, 1.54) is 24.5 Å². The summed E-state index contributed by atoms with van der Waals surface area (Å²) in [6, 6.07) is 19.5. The fourth-order valence-corrected chi connectivity index (χ4v) is 4.17. The van der Waals surface area contributed by atoms with E-state index in [1.54, 1.807) is 4.90 Å². The van der Waals surface area contributed by atoms with E-state index in [0.717, 1.165) is 60.9 Å². The van der Waals surface area contributed by atoms with Crippen LogP contribution in [-0.4, -0.2) is 23.3 Å². The van der Waals surface area contributed by atoms with Crippen LogP contribution in [0, 0.1) is 17.7 Å². The second-order valence-corrected chi connectivity index (χ2v) is 9.52. The number of hydrogen-bond acceptors (Lipinski definition) is 3. The highest BCUT2D eigenvalue weighted by atomic mass is 19.1. The van der Waals surface area contributed by atoms with Crippen LogP contribution in [0.5, 0.6) is 0 Å². The van der Waals surface area contributed by atoms with Crippen LogP contribution in [-0.2, 0) is 13.0 Å². The molecule has 0 saturated carbocycles. The number of unbranched alkanes of at least 4 members (excludes halogenated alkanes) is 4. The fraction of sp³-hybridized carbons (Fsp3) is 0.333. The van der Waals surface area contributed by atoms with Crippen molar-refractivity contribution in [2.24, 2.45) is 0 Å². The number of carboxylic acids is 1. The Morgan fingerprint density at radius 2 is 1.39 bits per heavy atom. The molecule has 0 atom stereocenters. The molecule has 0 bridgehead atoms. The highest BCUT2D eigenvalue weighted by Gasteiger charge is 2.18. The molecule has 0 fully saturated rings. The van der Waals surface area contributed by atoms with Crippen LogP contribution < -0.4 is 5.11 Å². The summed E-state index contributed by atoms with van der Waals surface area (Å²) >= 11 is 0. The predicted octanol–water partition coefficient (Wildman–Crippen LogP) is 6.15. The largest absolute Gasteiger partial charge is 0.545 e. The molecular weight excluding hydrogens is 477 g/mol. The van der Waals surface area contributed by atoms with E-state index < -0.39 is 17.3 Å². The first-order valence-electron chi connectivity index (χ1n) is 13.4. The number of hydrogen-bond donors (Lipinski definition) is 0. The molecule has 1 amide bonds. The summed E-state index contributed by atoms with van der Waals surface area (Å²) in [6.45, 7) is 5.19. The lowest BCUT2D eigenvalue weighted by atomic mass is 10.1. The van der Waals surface area contributed by atoms with Gasteiger partial charge in [-0.25, -0.2) is 4.39 Å². The predicted molar refractivity (Wildman–Crippen MR) is 147 cm³/mol. The minimum atomic E-state index is -1.64. The van der Waals surface area contributed by atoms with E-state index in [0.29, 0.717) is 13.1 Å². The summed E-state index contributed by atoms with van der Waals surface area (Å²) < 4.78 is 13.8. The van der Waals surface area contributed by atoms with Gasteiger partial charge in [-0.3, -0.25) is 4.79 Å². The van der Waals surface area contributed by atoms with Crippen molar-refractivity contribution in [3.05, 3.63) is 106 Å². The minimum absolute atomic E-state index is 0.129.